The number of nitriles is 1. The first-order chi connectivity index (χ1) is 20.2. The largest absolute Gasteiger partial charge is 0.309 e. The molecule has 0 atom stereocenters. The second-order valence-electron chi connectivity index (χ2n) is 10.3. The molecule has 0 aliphatic heterocycles. The van der Waals surface area contributed by atoms with Crippen LogP contribution in [0.4, 0.5) is 4.39 Å². The Morgan fingerprint density at radius 3 is 1.61 bits per heavy atom. The van der Waals surface area contributed by atoms with Gasteiger partial charge in [-0.25, -0.2) is 4.39 Å². The van der Waals surface area contributed by atoms with E-state index in [0.717, 1.165) is 55.3 Å². The maximum atomic E-state index is 14.2. The van der Waals surface area contributed by atoms with Crippen LogP contribution in [0.25, 0.3) is 66.1 Å². The SMILES string of the molecule is N#Cc1cc(-c2ccc(-n3c4ccccc4c4ccccc43)cc2)cc(-n2c3ccccc3c3cc(F)ccc32)c1. The second-order valence-corrected chi connectivity index (χ2v) is 10.3. The quantitative estimate of drug-likeness (QED) is 0.225. The van der Waals surface area contributed by atoms with Crippen LogP contribution in [-0.4, -0.2) is 9.13 Å². The average Bonchev–Trinajstić information content (AvgIpc) is 3.53. The Bertz CT molecular complexity index is 2280. The lowest BCUT2D eigenvalue weighted by atomic mass is 10.0. The van der Waals surface area contributed by atoms with Gasteiger partial charge < -0.3 is 9.13 Å². The van der Waals surface area contributed by atoms with Gasteiger partial charge in [0.1, 0.15) is 5.82 Å². The number of nitrogens with zero attached hydrogens (tertiary/aromatic N) is 3. The normalized spacial score (nSPS) is 11.5. The summed E-state index contributed by atoms with van der Waals surface area (Å²) in [5, 5.41) is 14.2. The molecule has 3 nitrogen and oxygen atoms in total. The van der Waals surface area contributed by atoms with Crippen LogP contribution in [0.5, 0.6) is 0 Å². The number of rotatable bonds is 3. The summed E-state index contributed by atoms with van der Waals surface area (Å²) in [5.74, 6) is -0.268. The van der Waals surface area contributed by atoms with Gasteiger partial charge in [-0.2, -0.15) is 5.26 Å². The first-order valence-corrected chi connectivity index (χ1v) is 13.5. The highest BCUT2D eigenvalue weighted by Gasteiger charge is 2.15. The van der Waals surface area contributed by atoms with Crippen molar-refractivity contribution in [2.24, 2.45) is 0 Å². The van der Waals surface area contributed by atoms with Crippen molar-refractivity contribution in [1.29, 1.82) is 5.26 Å². The van der Waals surface area contributed by atoms with E-state index in [2.05, 4.69) is 94.1 Å². The number of para-hydroxylation sites is 3. The summed E-state index contributed by atoms with van der Waals surface area (Å²) in [5.41, 5.74) is 8.66. The molecule has 0 fully saturated rings. The molecule has 4 heteroatoms. The number of halogens is 1. The molecular weight excluding hydrogens is 505 g/mol. The van der Waals surface area contributed by atoms with Crippen LogP contribution in [0.2, 0.25) is 0 Å². The van der Waals surface area contributed by atoms with Crippen LogP contribution in [0.3, 0.4) is 0 Å². The minimum absolute atomic E-state index is 0.268. The van der Waals surface area contributed by atoms with Gasteiger partial charge in [-0.3, -0.25) is 0 Å². The predicted molar refractivity (Wildman–Crippen MR) is 165 cm³/mol. The lowest BCUT2D eigenvalue weighted by Crippen LogP contribution is -1.96. The van der Waals surface area contributed by atoms with E-state index in [1.807, 2.05) is 42.5 Å². The van der Waals surface area contributed by atoms with Crippen molar-refractivity contribution in [1.82, 2.24) is 9.13 Å². The average molecular weight is 528 g/mol. The van der Waals surface area contributed by atoms with Crippen LogP contribution in [-0.2, 0) is 0 Å². The Hall–Kier alpha value is -5.66. The second kappa shape index (κ2) is 8.94. The Balaban J connectivity index is 1.29. The summed E-state index contributed by atoms with van der Waals surface area (Å²) in [6.45, 7) is 0. The highest BCUT2D eigenvalue weighted by molar-refractivity contribution is 6.10. The molecule has 0 aliphatic rings. The molecular formula is C37H22FN3. The van der Waals surface area contributed by atoms with Crippen molar-refractivity contribution in [2.75, 3.05) is 0 Å². The number of hydrogen-bond donors (Lipinski definition) is 0. The lowest BCUT2D eigenvalue weighted by molar-refractivity contribution is 0.629. The van der Waals surface area contributed by atoms with Crippen molar-refractivity contribution >= 4 is 43.6 Å². The molecule has 0 saturated heterocycles. The number of fused-ring (bicyclic) bond motifs is 6. The Labute approximate surface area is 235 Å². The highest BCUT2D eigenvalue weighted by Crippen LogP contribution is 2.36. The molecule has 8 aromatic rings. The summed E-state index contributed by atoms with van der Waals surface area (Å²) in [4.78, 5) is 0. The minimum atomic E-state index is -0.268. The maximum absolute atomic E-state index is 14.2. The lowest BCUT2D eigenvalue weighted by Gasteiger charge is -2.13. The number of aromatic nitrogens is 2. The molecule has 0 saturated carbocycles. The van der Waals surface area contributed by atoms with Crippen molar-refractivity contribution in [3.8, 4) is 28.6 Å². The molecule has 0 bridgehead atoms. The molecule has 0 unspecified atom stereocenters. The fraction of sp³-hybridized carbons (Fsp3) is 0. The molecule has 0 amide bonds. The summed E-state index contributed by atoms with van der Waals surface area (Å²) < 4.78 is 18.6. The van der Waals surface area contributed by atoms with Crippen LogP contribution in [0.15, 0.2) is 133 Å². The zero-order valence-electron chi connectivity index (χ0n) is 21.9. The molecule has 2 heterocycles. The molecule has 0 N–H and O–H groups in total. The van der Waals surface area contributed by atoms with E-state index in [4.69, 9.17) is 0 Å². The smallest absolute Gasteiger partial charge is 0.123 e. The van der Waals surface area contributed by atoms with Crippen molar-refractivity contribution in [3.63, 3.8) is 0 Å². The van der Waals surface area contributed by atoms with E-state index in [1.54, 1.807) is 6.07 Å². The van der Waals surface area contributed by atoms with Gasteiger partial charge in [-0.1, -0.05) is 66.7 Å². The van der Waals surface area contributed by atoms with E-state index in [-0.39, 0.29) is 5.82 Å². The van der Waals surface area contributed by atoms with Gasteiger partial charge in [0.2, 0.25) is 0 Å². The molecule has 0 aliphatic carbocycles. The molecule has 6 aromatic carbocycles. The van der Waals surface area contributed by atoms with Gasteiger partial charge in [0.05, 0.1) is 33.7 Å². The first kappa shape index (κ1) is 23.2. The predicted octanol–water partition coefficient (Wildman–Crippen LogP) is 9.56. The minimum Gasteiger partial charge on any atom is -0.309 e. The molecule has 41 heavy (non-hydrogen) atoms. The zero-order valence-corrected chi connectivity index (χ0v) is 21.9. The molecule has 192 valence electrons. The van der Waals surface area contributed by atoms with Gasteiger partial charge >= 0.3 is 0 Å². The maximum Gasteiger partial charge on any atom is 0.123 e. The monoisotopic (exact) mass is 527 g/mol. The van der Waals surface area contributed by atoms with Gasteiger partial charge in [0, 0.05) is 32.9 Å². The molecule has 0 spiro atoms. The first-order valence-electron chi connectivity index (χ1n) is 13.5. The van der Waals surface area contributed by atoms with E-state index in [0.29, 0.717) is 5.56 Å². The van der Waals surface area contributed by atoms with Gasteiger partial charge in [-0.05, 0) is 77.9 Å². The fourth-order valence-corrected chi connectivity index (χ4v) is 6.20. The number of hydrogen-bond acceptors (Lipinski definition) is 1. The molecule has 8 rings (SSSR count). The van der Waals surface area contributed by atoms with Crippen molar-refractivity contribution in [3.05, 3.63) is 145 Å². The summed E-state index contributed by atoms with van der Waals surface area (Å²) in [6.07, 6.45) is 0. The molecule has 0 radical (unpaired) electrons. The zero-order chi connectivity index (χ0) is 27.5. The van der Waals surface area contributed by atoms with E-state index < -0.39 is 0 Å². The third-order valence-corrected chi connectivity index (χ3v) is 7.98. The summed E-state index contributed by atoms with van der Waals surface area (Å²) >= 11 is 0. The fourth-order valence-electron chi connectivity index (χ4n) is 6.20. The van der Waals surface area contributed by atoms with Crippen LogP contribution >= 0.6 is 0 Å². The molecule has 2 aromatic heterocycles. The summed E-state index contributed by atoms with van der Waals surface area (Å²) in [6, 6.07) is 46.6. The van der Waals surface area contributed by atoms with Gasteiger partial charge in [0.25, 0.3) is 0 Å². The van der Waals surface area contributed by atoms with Gasteiger partial charge in [0.15, 0.2) is 0 Å². The van der Waals surface area contributed by atoms with Crippen LogP contribution in [0.1, 0.15) is 5.56 Å². The Kier molecular flexibility index (Phi) is 5.07. The van der Waals surface area contributed by atoms with Crippen molar-refractivity contribution in [2.45, 2.75) is 0 Å². The van der Waals surface area contributed by atoms with Crippen molar-refractivity contribution < 1.29 is 4.39 Å². The van der Waals surface area contributed by atoms with Crippen LogP contribution < -0.4 is 0 Å². The highest BCUT2D eigenvalue weighted by atomic mass is 19.1. The van der Waals surface area contributed by atoms with E-state index >= 15 is 0 Å². The topological polar surface area (TPSA) is 33.6 Å². The third-order valence-electron chi connectivity index (χ3n) is 7.98. The van der Waals surface area contributed by atoms with E-state index in [9.17, 15) is 9.65 Å². The third kappa shape index (κ3) is 3.57. The van der Waals surface area contributed by atoms with Gasteiger partial charge in [-0.15, -0.1) is 0 Å². The Morgan fingerprint density at radius 2 is 1.00 bits per heavy atom. The standard InChI is InChI=1S/C37H22FN3/c38-27-15-18-37-33(22-27)32-9-3-6-12-36(32)41(37)29-20-24(23-39)19-26(21-29)25-13-16-28(17-14-25)40-34-10-4-1-7-30(34)31-8-2-5-11-35(31)40/h1-22H. The summed E-state index contributed by atoms with van der Waals surface area (Å²) in [7, 11) is 0. The van der Waals surface area contributed by atoms with Crippen LogP contribution in [0, 0.1) is 17.1 Å². The number of benzene rings is 6. The Morgan fingerprint density at radius 1 is 0.463 bits per heavy atom. The van der Waals surface area contributed by atoms with E-state index in [1.165, 1.54) is 16.8 Å².